The van der Waals surface area contributed by atoms with Gasteiger partial charge in [-0.05, 0) is 96.5 Å². The first-order chi connectivity index (χ1) is 19.4. The van der Waals surface area contributed by atoms with Crippen molar-refractivity contribution in [2.75, 3.05) is 0 Å². The average Bonchev–Trinajstić information content (AvgIpc) is 2.94. The summed E-state index contributed by atoms with van der Waals surface area (Å²) < 4.78 is 0. The highest BCUT2D eigenvalue weighted by Crippen LogP contribution is 2.20. The highest BCUT2D eigenvalue weighted by molar-refractivity contribution is 5.36. The smallest absolute Gasteiger partial charge is 0.0995 e. The average molecular weight is 552 g/mol. The van der Waals surface area contributed by atoms with Crippen LogP contribution >= 0.6 is 0 Å². The first-order valence-corrected chi connectivity index (χ1v) is 14.5. The molecule has 0 amide bonds. The standard InChI is InChI=1S/C10H15N.C9H10N2.C9H13N.C8H11N/c1-7(2)10-8(3)5-6-11-9(10)4;1-7(2)9-6-11-4-3-8(9)5-10;1-7(2)9-5-4-6-10-8(9)3;1-7(2)8-4-3-5-9-6-8/h5-7H,1-4H3;3-4,6-7H,1-2H3;4-7H,1-3H3;3-7H,1-2H3. The van der Waals surface area contributed by atoms with E-state index in [-0.39, 0.29) is 0 Å². The van der Waals surface area contributed by atoms with Crippen LogP contribution in [0.3, 0.4) is 0 Å². The fourth-order valence-electron chi connectivity index (χ4n) is 4.37. The van der Waals surface area contributed by atoms with Gasteiger partial charge in [0, 0.05) is 48.6 Å². The maximum absolute atomic E-state index is 8.69. The quantitative estimate of drug-likeness (QED) is 0.252. The number of hydrogen-bond donors (Lipinski definition) is 0. The van der Waals surface area contributed by atoms with Gasteiger partial charge in [0.15, 0.2) is 0 Å². The fraction of sp³-hybridized carbons (Fsp3) is 0.417. The van der Waals surface area contributed by atoms with Crippen molar-refractivity contribution in [3.05, 3.63) is 118 Å². The molecule has 0 radical (unpaired) electrons. The largest absolute Gasteiger partial charge is 0.264 e. The van der Waals surface area contributed by atoms with Gasteiger partial charge in [-0.2, -0.15) is 5.26 Å². The Balaban J connectivity index is 0.000000274. The van der Waals surface area contributed by atoms with E-state index in [2.05, 4.69) is 120 Å². The number of rotatable bonds is 4. The van der Waals surface area contributed by atoms with Crippen LogP contribution in [0.2, 0.25) is 0 Å². The van der Waals surface area contributed by atoms with Crippen LogP contribution in [0.5, 0.6) is 0 Å². The molecular formula is C36H49N5. The summed E-state index contributed by atoms with van der Waals surface area (Å²) in [6.07, 6.45) is 10.8. The highest BCUT2D eigenvalue weighted by atomic mass is 14.7. The maximum atomic E-state index is 8.69. The zero-order valence-electron chi connectivity index (χ0n) is 27.0. The van der Waals surface area contributed by atoms with Gasteiger partial charge in [-0.25, -0.2) is 0 Å². The normalized spacial score (nSPS) is 10.2. The number of aromatic nitrogens is 4. The lowest BCUT2D eigenvalue weighted by Gasteiger charge is -2.11. The van der Waals surface area contributed by atoms with Crippen LogP contribution in [0.4, 0.5) is 0 Å². The van der Waals surface area contributed by atoms with Crippen molar-refractivity contribution in [3.63, 3.8) is 0 Å². The molecule has 0 atom stereocenters. The highest BCUT2D eigenvalue weighted by Gasteiger charge is 2.06. The molecule has 4 aromatic rings. The molecule has 218 valence electrons. The predicted molar refractivity (Wildman–Crippen MR) is 172 cm³/mol. The molecule has 4 rings (SSSR count). The summed E-state index contributed by atoms with van der Waals surface area (Å²) in [5.41, 5.74) is 9.47. The van der Waals surface area contributed by atoms with E-state index in [1.807, 2.05) is 30.7 Å². The van der Waals surface area contributed by atoms with Gasteiger partial charge >= 0.3 is 0 Å². The Morgan fingerprint density at radius 1 is 0.585 bits per heavy atom. The molecule has 0 bridgehead atoms. The third-order valence-electron chi connectivity index (χ3n) is 6.60. The minimum absolute atomic E-state index is 0.373. The van der Waals surface area contributed by atoms with Crippen molar-refractivity contribution in [1.82, 2.24) is 19.9 Å². The van der Waals surface area contributed by atoms with Gasteiger partial charge in [0.1, 0.15) is 0 Å². The van der Waals surface area contributed by atoms with Gasteiger partial charge in [-0.15, -0.1) is 0 Å². The van der Waals surface area contributed by atoms with E-state index >= 15 is 0 Å². The lowest BCUT2D eigenvalue weighted by Crippen LogP contribution is -1.97. The molecule has 0 saturated heterocycles. The fourth-order valence-corrected chi connectivity index (χ4v) is 4.37. The number of pyridine rings is 4. The van der Waals surface area contributed by atoms with Gasteiger partial charge in [0.05, 0.1) is 11.6 Å². The minimum atomic E-state index is 0.373. The van der Waals surface area contributed by atoms with E-state index in [1.165, 1.54) is 27.9 Å². The molecule has 4 aromatic heterocycles. The third kappa shape index (κ3) is 12.4. The number of hydrogen-bond acceptors (Lipinski definition) is 5. The summed E-state index contributed by atoms with van der Waals surface area (Å²) >= 11 is 0. The van der Waals surface area contributed by atoms with Gasteiger partial charge in [-0.1, -0.05) is 67.5 Å². The summed E-state index contributed by atoms with van der Waals surface area (Å²) in [6.45, 7) is 23.5. The van der Waals surface area contributed by atoms with Crippen molar-refractivity contribution in [2.24, 2.45) is 0 Å². The number of nitrogens with zero attached hydrogens (tertiary/aromatic N) is 5. The Bertz CT molecular complexity index is 1320. The molecule has 0 fully saturated rings. The molecule has 0 aliphatic rings. The van der Waals surface area contributed by atoms with E-state index in [0.29, 0.717) is 23.7 Å². The van der Waals surface area contributed by atoms with Crippen LogP contribution in [-0.2, 0) is 0 Å². The molecule has 0 saturated carbocycles. The van der Waals surface area contributed by atoms with Crippen LogP contribution in [-0.4, -0.2) is 19.9 Å². The Labute approximate surface area is 249 Å². The van der Waals surface area contributed by atoms with Crippen molar-refractivity contribution in [2.45, 2.75) is 99.8 Å². The maximum Gasteiger partial charge on any atom is 0.0995 e. The number of nitriles is 1. The van der Waals surface area contributed by atoms with E-state index in [4.69, 9.17) is 5.26 Å². The van der Waals surface area contributed by atoms with Crippen LogP contribution < -0.4 is 0 Å². The zero-order chi connectivity index (χ0) is 30.9. The Morgan fingerprint density at radius 3 is 1.59 bits per heavy atom. The van der Waals surface area contributed by atoms with Crippen LogP contribution in [0, 0.1) is 32.1 Å². The SMILES string of the molecule is CC(C)c1cccnc1.CC(C)c1cnccc1C#N.Cc1ccnc(C)c1C(C)C.Cc1ncccc1C(C)C. The van der Waals surface area contributed by atoms with Gasteiger partial charge in [-0.3, -0.25) is 19.9 Å². The van der Waals surface area contributed by atoms with Crippen molar-refractivity contribution in [1.29, 1.82) is 5.26 Å². The zero-order valence-corrected chi connectivity index (χ0v) is 27.0. The first-order valence-electron chi connectivity index (χ1n) is 14.5. The van der Waals surface area contributed by atoms with E-state index in [9.17, 15) is 0 Å². The Morgan fingerprint density at radius 2 is 1.20 bits per heavy atom. The van der Waals surface area contributed by atoms with Gasteiger partial charge < -0.3 is 0 Å². The second-order valence-electron chi connectivity index (χ2n) is 11.3. The molecule has 4 heterocycles. The molecule has 5 nitrogen and oxygen atoms in total. The van der Waals surface area contributed by atoms with Crippen LogP contribution in [0.15, 0.2) is 73.6 Å². The topological polar surface area (TPSA) is 75.3 Å². The van der Waals surface area contributed by atoms with Crippen LogP contribution in [0.25, 0.3) is 0 Å². The van der Waals surface area contributed by atoms with Crippen molar-refractivity contribution in [3.8, 4) is 6.07 Å². The monoisotopic (exact) mass is 551 g/mol. The summed E-state index contributed by atoms with van der Waals surface area (Å²) in [7, 11) is 0. The predicted octanol–water partition coefficient (Wildman–Crippen LogP) is 9.62. The van der Waals surface area contributed by atoms with Gasteiger partial charge in [0.2, 0.25) is 0 Å². The summed E-state index contributed by atoms with van der Waals surface area (Å²) in [5, 5.41) is 8.69. The third-order valence-corrected chi connectivity index (χ3v) is 6.60. The summed E-state index contributed by atoms with van der Waals surface area (Å²) in [4.78, 5) is 16.4. The molecule has 0 unspecified atom stereocenters. The van der Waals surface area contributed by atoms with E-state index < -0.39 is 0 Å². The van der Waals surface area contributed by atoms with E-state index in [0.717, 1.165) is 16.8 Å². The molecule has 0 aromatic carbocycles. The summed E-state index contributed by atoms with van der Waals surface area (Å²) in [6, 6.07) is 14.1. The summed E-state index contributed by atoms with van der Waals surface area (Å²) in [5.74, 6) is 2.15. The first kappa shape index (κ1) is 35.1. The molecule has 0 spiro atoms. The lowest BCUT2D eigenvalue weighted by atomic mass is 9.97. The molecule has 0 N–H and O–H groups in total. The molecule has 41 heavy (non-hydrogen) atoms. The minimum Gasteiger partial charge on any atom is -0.264 e. The second kappa shape index (κ2) is 18.4. The van der Waals surface area contributed by atoms with Crippen LogP contribution in [0.1, 0.15) is 124 Å². The Kier molecular flexibility index (Phi) is 15.8. The molecule has 0 aliphatic heterocycles. The van der Waals surface area contributed by atoms with Gasteiger partial charge in [0.25, 0.3) is 0 Å². The Hall–Kier alpha value is -3.91. The van der Waals surface area contributed by atoms with E-state index in [1.54, 1.807) is 24.7 Å². The molecular weight excluding hydrogens is 502 g/mol. The van der Waals surface area contributed by atoms with Crippen molar-refractivity contribution >= 4 is 0 Å². The second-order valence-corrected chi connectivity index (χ2v) is 11.3. The molecule has 5 heteroatoms. The lowest BCUT2D eigenvalue weighted by molar-refractivity contribution is 0.832. The molecule has 0 aliphatic carbocycles. The van der Waals surface area contributed by atoms with Crippen molar-refractivity contribution < 1.29 is 0 Å². The number of aryl methyl sites for hydroxylation is 3.